The predicted octanol–water partition coefficient (Wildman–Crippen LogP) is 4.59. The summed E-state index contributed by atoms with van der Waals surface area (Å²) < 4.78 is 5.20. The fourth-order valence-electron chi connectivity index (χ4n) is 3.04. The molecule has 0 radical (unpaired) electrons. The maximum atomic E-state index is 12.7. The number of hydrogen-bond donors (Lipinski definition) is 2. The molecule has 2 amide bonds. The molecule has 0 aliphatic heterocycles. The number of nitrogens with one attached hydrogen (secondary N) is 2. The van der Waals surface area contributed by atoms with Crippen LogP contribution in [0.4, 0.5) is 5.69 Å². The third kappa shape index (κ3) is 4.49. The molecule has 3 aromatic rings. The van der Waals surface area contributed by atoms with Gasteiger partial charge in [0, 0.05) is 16.8 Å². The number of furan rings is 1. The Bertz CT molecular complexity index is 922. The van der Waals surface area contributed by atoms with Crippen LogP contribution < -0.4 is 10.6 Å². The van der Waals surface area contributed by atoms with Crippen LogP contribution in [0.2, 0.25) is 0 Å². The van der Waals surface area contributed by atoms with E-state index in [4.69, 9.17) is 4.42 Å². The Labute approximate surface area is 164 Å². The topological polar surface area (TPSA) is 71.3 Å². The van der Waals surface area contributed by atoms with E-state index < -0.39 is 0 Å². The molecule has 3 rings (SSSR count). The molecule has 0 saturated carbocycles. The van der Waals surface area contributed by atoms with E-state index in [1.807, 2.05) is 18.2 Å². The van der Waals surface area contributed by atoms with Gasteiger partial charge in [-0.3, -0.25) is 9.59 Å². The van der Waals surface area contributed by atoms with Gasteiger partial charge in [-0.1, -0.05) is 32.0 Å². The summed E-state index contributed by atoms with van der Waals surface area (Å²) in [4.78, 5) is 24.9. The van der Waals surface area contributed by atoms with Crippen LogP contribution >= 0.6 is 0 Å². The summed E-state index contributed by atoms with van der Waals surface area (Å²) in [5.74, 6) is 0.289. The summed E-state index contributed by atoms with van der Waals surface area (Å²) in [6.07, 6.45) is 3.26. The number of carbonyl (C=O) groups is 2. The summed E-state index contributed by atoms with van der Waals surface area (Å²) in [5.41, 5.74) is 4.11. The minimum Gasteiger partial charge on any atom is -0.467 e. The fraction of sp³-hybridized carbons (Fsp3) is 0.217. The molecule has 0 fully saturated rings. The Morgan fingerprint density at radius 3 is 1.96 bits per heavy atom. The van der Waals surface area contributed by atoms with Crippen molar-refractivity contribution in [1.82, 2.24) is 5.32 Å². The Balaban J connectivity index is 1.68. The number of para-hydroxylation sites is 1. The van der Waals surface area contributed by atoms with E-state index in [0.717, 1.165) is 29.7 Å². The van der Waals surface area contributed by atoms with Gasteiger partial charge in [0.1, 0.15) is 5.76 Å². The highest BCUT2D eigenvalue weighted by Gasteiger charge is 2.13. The molecular weight excluding hydrogens is 352 g/mol. The largest absolute Gasteiger partial charge is 0.467 e. The minimum absolute atomic E-state index is 0.182. The second-order valence-corrected chi connectivity index (χ2v) is 6.45. The van der Waals surface area contributed by atoms with Crippen molar-refractivity contribution in [2.45, 2.75) is 33.2 Å². The smallest absolute Gasteiger partial charge is 0.255 e. The van der Waals surface area contributed by atoms with Gasteiger partial charge in [0.05, 0.1) is 12.8 Å². The molecule has 1 heterocycles. The van der Waals surface area contributed by atoms with E-state index in [2.05, 4.69) is 24.5 Å². The lowest BCUT2D eigenvalue weighted by Gasteiger charge is -2.14. The van der Waals surface area contributed by atoms with E-state index in [1.54, 1.807) is 42.7 Å². The highest BCUT2D eigenvalue weighted by Crippen LogP contribution is 2.23. The maximum absolute atomic E-state index is 12.7. The molecule has 0 saturated heterocycles. The zero-order chi connectivity index (χ0) is 19.9. The van der Waals surface area contributed by atoms with E-state index >= 15 is 0 Å². The van der Waals surface area contributed by atoms with Crippen molar-refractivity contribution < 1.29 is 14.0 Å². The second-order valence-electron chi connectivity index (χ2n) is 6.45. The van der Waals surface area contributed by atoms with Crippen molar-refractivity contribution in [3.8, 4) is 0 Å². The molecule has 5 heteroatoms. The lowest BCUT2D eigenvalue weighted by Crippen LogP contribution is -2.22. The van der Waals surface area contributed by atoms with Crippen molar-refractivity contribution in [2.24, 2.45) is 0 Å². The van der Waals surface area contributed by atoms with Crippen LogP contribution in [-0.4, -0.2) is 11.8 Å². The first-order valence-corrected chi connectivity index (χ1v) is 9.45. The predicted molar refractivity (Wildman–Crippen MR) is 109 cm³/mol. The molecule has 2 aromatic carbocycles. The zero-order valence-corrected chi connectivity index (χ0v) is 16.1. The molecule has 1 aromatic heterocycles. The quantitative estimate of drug-likeness (QED) is 0.634. The number of hydrogen-bond acceptors (Lipinski definition) is 3. The van der Waals surface area contributed by atoms with Gasteiger partial charge >= 0.3 is 0 Å². The molecule has 0 unspecified atom stereocenters. The Hall–Kier alpha value is -3.34. The minimum atomic E-state index is -0.215. The maximum Gasteiger partial charge on any atom is 0.255 e. The van der Waals surface area contributed by atoms with Gasteiger partial charge in [-0.2, -0.15) is 0 Å². The first-order valence-electron chi connectivity index (χ1n) is 9.45. The third-order valence-corrected chi connectivity index (χ3v) is 4.65. The third-order valence-electron chi connectivity index (χ3n) is 4.65. The highest BCUT2D eigenvalue weighted by molar-refractivity contribution is 6.05. The second kappa shape index (κ2) is 9.04. The molecule has 28 heavy (non-hydrogen) atoms. The first-order chi connectivity index (χ1) is 13.6. The Morgan fingerprint density at radius 2 is 1.43 bits per heavy atom. The van der Waals surface area contributed by atoms with Gasteiger partial charge in [0.15, 0.2) is 0 Å². The number of anilines is 1. The van der Waals surface area contributed by atoms with Crippen molar-refractivity contribution >= 4 is 17.5 Å². The average molecular weight is 376 g/mol. The lowest BCUT2D eigenvalue weighted by molar-refractivity contribution is 0.0946. The van der Waals surface area contributed by atoms with Crippen LogP contribution in [-0.2, 0) is 19.4 Å². The molecule has 0 aliphatic carbocycles. The van der Waals surface area contributed by atoms with Gasteiger partial charge in [0.25, 0.3) is 11.8 Å². The van der Waals surface area contributed by atoms with Crippen LogP contribution in [0.5, 0.6) is 0 Å². The van der Waals surface area contributed by atoms with Crippen LogP contribution in [0, 0.1) is 0 Å². The molecule has 5 nitrogen and oxygen atoms in total. The number of benzene rings is 2. The van der Waals surface area contributed by atoms with Gasteiger partial charge in [-0.25, -0.2) is 0 Å². The standard InChI is InChI=1S/C23H24N2O3/c1-3-16-7-5-8-17(4-2)21(16)25-23(27)19-12-10-18(11-13-19)22(26)24-15-20-9-6-14-28-20/h5-14H,3-4,15H2,1-2H3,(H,24,26)(H,25,27). The monoisotopic (exact) mass is 376 g/mol. The number of rotatable bonds is 7. The van der Waals surface area contributed by atoms with Gasteiger partial charge in [-0.05, 0) is 60.4 Å². The van der Waals surface area contributed by atoms with Crippen LogP contribution in [0.1, 0.15) is 51.5 Å². The van der Waals surface area contributed by atoms with Crippen LogP contribution in [0.3, 0.4) is 0 Å². The van der Waals surface area contributed by atoms with Crippen LogP contribution in [0.15, 0.2) is 65.3 Å². The number of carbonyl (C=O) groups excluding carboxylic acids is 2. The number of amides is 2. The van der Waals surface area contributed by atoms with Crippen LogP contribution in [0.25, 0.3) is 0 Å². The average Bonchev–Trinajstić information content (AvgIpc) is 3.26. The summed E-state index contributed by atoms with van der Waals surface area (Å²) in [5, 5.41) is 5.82. The molecule has 0 bridgehead atoms. The Kier molecular flexibility index (Phi) is 6.27. The molecule has 0 aliphatic rings. The zero-order valence-electron chi connectivity index (χ0n) is 16.1. The SMILES string of the molecule is CCc1cccc(CC)c1NC(=O)c1ccc(C(=O)NCc2ccco2)cc1. The molecular formula is C23H24N2O3. The normalized spacial score (nSPS) is 10.5. The van der Waals surface area contributed by atoms with E-state index in [1.165, 1.54) is 0 Å². The molecule has 0 atom stereocenters. The summed E-state index contributed by atoms with van der Waals surface area (Å²) >= 11 is 0. The lowest BCUT2D eigenvalue weighted by atomic mass is 10.0. The molecule has 2 N–H and O–H groups in total. The van der Waals surface area contributed by atoms with Crippen molar-refractivity contribution in [1.29, 1.82) is 0 Å². The van der Waals surface area contributed by atoms with Crippen molar-refractivity contribution in [2.75, 3.05) is 5.32 Å². The summed E-state index contributed by atoms with van der Waals surface area (Å²) in [6, 6.07) is 16.3. The summed E-state index contributed by atoms with van der Waals surface area (Å²) in [7, 11) is 0. The highest BCUT2D eigenvalue weighted by atomic mass is 16.3. The van der Waals surface area contributed by atoms with Gasteiger partial charge in [-0.15, -0.1) is 0 Å². The van der Waals surface area contributed by atoms with E-state index in [0.29, 0.717) is 23.4 Å². The van der Waals surface area contributed by atoms with Crippen molar-refractivity contribution in [3.63, 3.8) is 0 Å². The van der Waals surface area contributed by atoms with E-state index in [-0.39, 0.29) is 11.8 Å². The van der Waals surface area contributed by atoms with Gasteiger partial charge in [0.2, 0.25) is 0 Å². The molecule has 144 valence electrons. The van der Waals surface area contributed by atoms with E-state index in [9.17, 15) is 9.59 Å². The fourth-order valence-corrected chi connectivity index (χ4v) is 3.04. The van der Waals surface area contributed by atoms with Gasteiger partial charge < -0.3 is 15.1 Å². The molecule has 0 spiro atoms. The van der Waals surface area contributed by atoms with Crippen molar-refractivity contribution in [3.05, 3.63) is 88.9 Å². The Morgan fingerprint density at radius 1 is 0.821 bits per heavy atom. The first kappa shape index (κ1) is 19.4. The summed E-state index contributed by atoms with van der Waals surface area (Å²) in [6.45, 7) is 4.46. The number of aryl methyl sites for hydroxylation is 2.